The number of carbonyl (C=O) groups is 2. The van der Waals surface area contributed by atoms with Gasteiger partial charge in [-0.1, -0.05) is 12.5 Å². The Morgan fingerprint density at radius 3 is 2.26 bits per heavy atom. The fourth-order valence-corrected chi connectivity index (χ4v) is 5.32. The second kappa shape index (κ2) is 8.19. The summed E-state index contributed by atoms with van der Waals surface area (Å²) < 4.78 is 1.91. The van der Waals surface area contributed by atoms with Gasteiger partial charge in [-0.15, -0.1) is 5.92 Å². The topological polar surface area (TPSA) is 55.2 Å². The van der Waals surface area contributed by atoms with Gasteiger partial charge in [-0.2, -0.15) is 0 Å². The Hall–Kier alpha value is -3.13. The van der Waals surface area contributed by atoms with Gasteiger partial charge in [0.1, 0.15) is 29.6 Å². The van der Waals surface area contributed by atoms with E-state index in [0.29, 0.717) is 12.8 Å². The molecule has 0 bridgehead atoms. The number of rotatable bonds is 3. The smallest absolute Gasteiger partial charge is 0.148 e. The predicted molar refractivity (Wildman–Crippen MR) is 121 cm³/mol. The Balaban J connectivity index is 1.50. The van der Waals surface area contributed by atoms with Gasteiger partial charge < -0.3 is 4.90 Å². The first-order chi connectivity index (χ1) is 14.8. The number of benzene rings is 1. The van der Waals surface area contributed by atoms with Crippen molar-refractivity contribution in [2.75, 3.05) is 13.1 Å². The minimum absolute atomic E-state index is 0.0682. The van der Waals surface area contributed by atoms with Crippen LogP contribution >= 0.6 is 0 Å². The highest BCUT2D eigenvalue weighted by molar-refractivity contribution is 6.10. The second-order valence-electron chi connectivity index (χ2n) is 8.99. The molecule has 1 saturated carbocycles. The van der Waals surface area contributed by atoms with E-state index in [0.717, 1.165) is 54.0 Å². The molecule has 1 aromatic carbocycles. The molecule has 0 N–H and O–H groups in total. The van der Waals surface area contributed by atoms with Gasteiger partial charge in [-0.3, -0.25) is 14.2 Å². The third-order valence-corrected chi connectivity index (χ3v) is 6.89. The Morgan fingerprint density at radius 1 is 1.13 bits per heavy atom. The first-order valence-electron chi connectivity index (χ1n) is 10.8. The summed E-state index contributed by atoms with van der Waals surface area (Å²) in [5.74, 6) is 6.38. The molecule has 1 spiro atoms. The number of nitrogens with zero attached hydrogens (tertiary/aromatic N) is 3. The van der Waals surface area contributed by atoms with Gasteiger partial charge in [0.15, 0.2) is 0 Å². The number of ketones is 2. The molecule has 0 radical (unpaired) electrons. The van der Waals surface area contributed by atoms with E-state index in [9.17, 15) is 9.59 Å². The number of piperidine rings is 1. The van der Waals surface area contributed by atoms with Gasteiger partial charge in [-0.05, 0) is 67.9 Å². The monoisotopic (exact) mass is 415 g/mol. The maximum atomic E-state index is 13.3. The van der Waals surface area contributed by atoms with Crippen LogP contribution in [0, 0.1) is 31.1 Å². The minimum Gasteiger partial charge on any atom is -0.358 e. The van der Waals surface area contributed by atoms with Crippen LogP contribution in [0.5, 0.6) is 0 Å². The van der Waals surface area contributed by atoms with Crippen LogP contribution in [-0.4, -0.2) is 39.1 Å². The summed E-state index contributed by atoms with van der Waals surface area (Å²) in [5.41, 5.74) is 3.56. The van der Waals surface area contributed by atoms with E-state index in [2.05, 4.69) is 28.3 Å². The van der Waals surface area contributed by atoms with Crippen molar-refractivity contribution in [3.05, 3.63) is 59.7 Å². The lowest BCUT2D eigenvalue weighted by molar-refractivity contribution is -0.138. The maximum absolute atomic E-state index is 13.3. The summed E-state index contributed by atoms with van der Waals surface area (Å²) in [6.45, 7) is 11.5. The van der Waals surface area contributed by atoms with Crippen molar-refractivity contribution in [2.24, 2.45) is 5.41 Å². The number of carbonyl (C=O) groups excluding carboxylic acids is 2. The Labute approximate surface area is 184 Å². The standard InChI is InChI=1S/C26H29N3O2/c1-5-6-21-13-18(2)24(19(3)14-21)25-22(30)15-26(16-23(25)31)7-10-28(11-8-26)20(4)29-12-9-27-17-29/h9,12-14,17,25H,4,7-8,10-11,15-16H2,1-3H3. The predicted octanol–water partition coefficient (Wildman–Crippen LogP) is 4.10. The molecule has 31 heavy (non-hydrogen) atoms. The first-order valence-corrected chi connectivity index (χ1v) is 10.8. The van der Waals surface area contributed by atoms with Crippen LogP contribution < -0.4 is 0 Å². The third-order valence-electron chi connectivity index (χ3n) is 6.89. The molecule has 1 saturated heterocycles. The summed E-state index contributed by atoms with van der Waals surface area (Å²) >= 11 is 0. The van der Waals surface area contributed by atoms with Crippen LogP contribution in [0.3, 0.4) is 0 Å². The van der Waals surface area contributed by atoms with Crippen molar-refractivity contribution in [1.82, 2.24) is 14.5 Å². The van der Waals surface area contributed by atoms with Gasteiger partial charge in [0.2, 0.25) is 0 Å². The van der Waals surface area contributed by atoms with Crippen molar-refractivity contribution in [2.45, 2.75) is 52.4 Å². The minimum atomic E-state index is -0.631. The van der Waals surface area contributed by atoms with Crippen LogP contribution in [0.4, 0.5) is 0 Å². The molecule has 4 rings (SSSR count). The van der Waals surface area contributed by atoms with Gasteiger partial charge in [0.25, 0.3) is 0 Å². The zero-order valence-corrected chi connectivity index (χ0v) is 18.6. The summed E-state index contributed by atoms with van der Waals surface area (Å²) in [6, 6.07) is 3.98. The van der Waals surface area contributed by atoms with Crippen molar-refractivity contribution in [1.29, 1.82) is 0 Å². The van der Waals surface area contributed by atoms with Crippen molar-refractivity contribution >= 4 is 17.4 Å². The van der Waals surface area contributed by atoms with Crippen LogP contribution in [0.1, 0.15) is 60.8 Å². The van der Waals surface area contributed by atoms with E-state index in [-0.39, 0.29) is 17.0 Å². The summed E-state index contributed by atoms with van der Waals surface area (Å²) in [4.78, 5) is 32.9. The lowest BCUT2D eigenvalue weighted by Crippen LogP contribution is -2.46. The molecule has 2 aliphatic rings. The lowest BCUT2D eigenvalue weighted by Gasteiger charge is -2.45. The van der Waals surface area contributed by atoms with E-state index < -0.39 is 5.92 Å². The lowest BCUT2D eigenvalue weighted by atomic mass is 9.62. The van der Waals surface area contributed by atoms with Crippen molar-refractivity contribution in [3.8, 4) is 11.8 Å². The quantitative estimate of drug-likeness (QED) is 0.560. The van der Waals surface area contributed by atoms with Crippen molar-refractivity contribution in [3.63, 3.8) is 0 Å². The molecule has 1 aliphatic carbocycles. The highest BCUT2D eigenvalue weighted by Gasteiger charge is 2.47. The molecular formula is C26H29N3O2. The Kier molecular flexibility index (Phi) is 5.58. The number of aromatic nitrogens is 2. The zero-order valence-electron chi connectivity index (χ0n) is 18.6. The number of Topliss-reactive ketones (excluding diaryl/α,β-unsaturated/α-hetero) is 2. The number of likely N-dealkylation sites (tertiary alicyclic amines) is 1. The van der Waals surface area contributed by atoms with Gasteiger partial charge in [0.05, 0.1) is 0 Å². The SMILES string of the molecule is C=C(N1CCC2(CC1)CC(=O)C(c1c(C)cc(C#CC)cc1C)C(=O)C2)n1ccnc1. The van der Waals surface area contributed by atoms with Crippen molar-refractivity contribution < 1.29 is 9.59 Å². The number of imidazole rings is 1. The molecular weight excluding hydrogens is 386 g/mol. The first kappa shape index (κ1) is 21.1. The summed E-state index contributed by atoms with van der Waals surface area (Å²) in [5, 5.41) is 0. The fourth-order valence-electron chi connectivity index (χ4n) is 5.32. The highest BCUT2D eigenvalue weighted by atomic mass is 16.2. The van der Waals surface area contributed by atoms with E-state index in [1.54, 1.807) is 12.5 Å². The molecule has 1 aliphatic heterocycles. The summed E-state index contributed by atoms with van der Waals surface area (Å²) in [7, 11) is 0. The average molecular weight is 416 g/mol. The molecule has 0 unspecified atom stereocenters. The molecule has 160 valence electrons. The molecule has 5 heteroatoms. The molecule has 1 aromatic heterocycles. The van der Waals surface area contributed by atoms with Crippen LogP contribution in [0.15, 0.2) is 37.4 Å². The van der Waals surface area contributed by atoms with E-state index >= 15 is 0 Å². The normalized spacial score (nSPS) is 18.7. The van der Waals surface area contributed by atoms with E-state index in [1.807, 2.05) is 43.7 Å². The van der Waals surface area contributed by atoms with E-state index in [1.165, 1.54) is 0 Å². The molecule has 2 fully saturated rings. The Bertz CT molecular complexity index is 1050. The van der Waals surface area contributed by atoms with Crippen LogP contribution in [-0.2, 0) is 9.59 Å². The largest absolute Gasteiger partial charge is 0.358 e. The number of hydrogen-bond acceptors (Lipinski definition) is 4. The molecule has 0 amide bonds. The fraction of sp³-hybridized carbons (Fsp3) is 0.423. The summed E-state index contributed by atoms with van der Waals surface area (Å²) in [6.07, 6.45) is 7.97. The average Bonchev–Trinajstić information content (AvgIpc) is 3.25. The number of aryl methyl sites for hydroxylation is 2. The highest BCUT2D eigenvalue weighted by Crippen LogP contribution is 2.47. The zero-order chi connectivity index (χ0) is 22.2. The molecule has 2 aromatic rings. The molecule has 5 nitrogen and oxygen atoms in total. The van der Waals surface area contributed by atoms with Crippen LogP contribution in [0.2, 0.25) is 0 Å². The van der Waals surface area contributed by atoms with Crippen LogP contribution in [0.25, 0.3) is 5.82 Å². The maximum Gasteiger partial charge on any atom is 0.148 e. The molecule has 0 atom stereocenters. The molecule has 2 heterocycles. The third kappa shape index (κ3) is 3.95. The van der Waals surface area contributed by atoms with Gasteiger partial charge in [0, 0.05) is 43.9 Å². The van der Waals surface area contributed by atoms with Gasteiger partial charge >= 0.3 is 0 Å². The van der Waals surface area contributed by atoms with Gasteiger partial charge in [-0.25, -0.2) is 4.98 Å². The number of hydrogen-bond donors (Lipinski definition) is 0. The second-order valence-corrected chi connectivity index (χ2v) is 8.99. The van der Waals surface area contributed by atoms with E-state index in [4.69, 9.17) is 0 Å². The Morgan fingerprint density at radius 2 is 1.74 bits per heavy atom.